The number of benzene rings is 2. The van der Waals surface area contributed by atoms with Crippen molar-refractivity contribution in [3.8, 4) is 5.75 Å². The van der Waals surface area contributed by atoms with E-state index >= 15 is 0 Å². The van der Waals surface area contributed by atoms with Crippen LogP contribution < -0.4 is 4.74 Å². The highest BCUT2D eigenvalue weighted by atomic mass is 79.9. The van der Waals surface area contributed by atoms with Crippen LogP contribution in [0.4, 0.5) is 0 Å². The number of ether oxygens (including phenoxy) is 1. The van der Waals surface area contributed by atoms with Gasteiger partial charge in [-0.25, -0.2) is 0 Å². The van der Waals surface area contributed by atoms with Crippen molar-refractivity contribution in [1.29, 1.82) is 0 Å². The van der Waals surface area contributed by atoms with Crippen molar-refractivity contribution in [1.82, 2.24) is 0 Å². The Morgan fingerprint density at radius 1 is 1.09 bits per heavy atom. The average molecular weight is 442 g/mol. The first kappa shape index (κ1) is 16.5. The molecule has 1 atom stereocenters. The van der Waals surface area contributed by atoms with Crippen LogP contribution >= 0.6 is 31.9 Å². The van der Waals surface area contributed by atoms with E-state index in [1.807, 2.05) is 0 Å². The zero-order valence-electron chi connectivity index (χ0n) is 13.6. The van der Waals surface area contributed by atoms with Crippen LogP contribution in [-0.2, 0) is 6.42 Å². The fourth-order valence-electron chi connectivity index (χ4n) is 3.33. The molecule has 0 saturated carbocycles. The van der Waals surface area contributed by atoms with E-state index in [9.17, 15) is 0 Å². The van der Waals surface area contributed by atoms with E-state index in [0.29, 0.717) is 6.10 Å². The Morgan fingerprint density at radius 2 is 1.73 bits per heavy atom. The highest BCUT2D eigenvalue weighted by Crippen LogP contribution is 2.41. The van der Waals surface area contributed by atoms with Gasteiger partial charge < -0.3 is 4.74 Å². The molecule has 0 radical (unpaired) electrons. The summed E-state index contributed by atoms with van der Waals surface area (Å²) in [6, 6.07) is 7.94. The summed E-state index contributed by atoms with van der Waals surface area (Å²) in [6.45, 7) is 9.46. The molecular formula is C18H22Br2OSi. The maximum absolute atomic E-state index is 6.47. The Balaban J connectivity index is 2.09. The van der Waals surface area contributed by atoms with Crippen LogP contribution in [0.1, 0.15) is 17.5 Å². The van der Waals surface area contributed by atoms with Crippen LogP contribution in [0.3, 0.4) is 0 Å². The predicted molar refractivity (Wildman–Crippen MR) is 105 cm³/mol. The Kier molecular flexibility index (Phi) is 4.47. The number of rotatable bonds is 2. The van der Waals surface area contributed by atoms with Gasteiger partial charge in [-0.05, 0) is 86.3 Å². The van der Waals surface area contributed by atoms with E-state index in [0.717, 1.165) is 27.5 Å². The fraction of sp³-hybridized carbons (Fsp3) is 0.444. The van der Waals surface area contributed by atoms with E-state index in [4.69, 9.17) is 4.74 Å². The molecule has 1 aliphatic heterocycles. The lowest BCUT2D eigenvalue weighted by atomic mass is 9.95. The molecule has 1 nitrogen and oxygen atoms in total. The van der Waals surface area contributed by atoms with Crippen LogP contribution in [0.2, 0.25) is 25.7 Å². The molecule has 1 aliphatic rings. The summed E-state index contributed by atoms with van der Waals surface area (Å²) in [5.41, 5.74) is 2.69. The molecule has 0 aromatic heterocycles. The first-order valence-corrected chi connectivity index (χ1v) is 13.1. The third-order valence-corrected chi connectivity index (χ3v) is 7.80. The second kappa shape index (κ2) is 5.95. The maximum atomic E-state index is 6.47. The molecule has 3 rings (SSSR count). The molecule has 1 heterocycles. The molecule has 0 N–H and O–H groups in total. The third-order valence-electron chi connectivity index (χ3n) is 4.27. The Morgan fingerprint density at radius 3 is 2.36 bits per heavy atom. The highest BCUT2D eigenvalue weighted by molar-refractivity contribution is 9.13. The van der Waals surface area contributed by atoms with Gasteiger partial charge in [0.05, 0.1) is 6.10 Å². The summed E-state index contributed by atoms with van der Waals surface area (Å²) in [5, 5.41) is 2.52. The number of hydrogen-bond donors (Lipinski definition) is 0. The monoisotopic (exact) mass is 440 g/mol. The van der Waals surface area contributed by atoms with Gasteiger partial charge in [0.2, 0.25) is 0 Å². The second-order valence-electron chi connectivity index (χ2n) is 7.54. The van der Waals surface area contributed by atoms with E-state index in [1.54, 1.807) is 0 Å². The highest BCUT2D eigenvalue weighted by Gasteiger charge is 2.27. The van der Waals surface area contributed by atoms with Crippen molar-refractivity contribution >= 4 is 50.7 Å². The van der Waals surface area contributed by atoms with Gasteiger partial charge in [0.1, 0.15) is 5.75 Å². The van der Waals surface area contributed by atoms with Crippen molar-refractivity contribution < 1.29 is 4.74 Å². The normalized spacial score (nSPS) is 18.2. The molecule has 2 aromatic carbocycles. The van der Waals surface area contributed by atoms with Crippen LogP contribution in [0.5, 0.6) is 5.75 Å². The summed E-state index contributed by atoms with van der Waals surface area (Å²) >= 11 is 7.25. The minimum atomic E-state index is -1.11. The van der Waals surface area contributed by atoms with E-state index in [2.05, 4.69) is 76.6 Å². The quantitative estimate of drug-likeness (QED) is 0.470. The van der Waals surface area contributed by atoms with Gasteiger partial charge in [0.25, 0.3) is 0 Å². The van der Waals surface area contributed by atoms with Gasteiger partial charge >= 0.3 is 0 Å². The summed E-state index contributed by atoms with van der Waals surface area (Å²) in [5.74, 6) is 1.11. The van der Waals surface area contributed by atoms with Gasteiger partial charge in [-0.1, -0.05) is 25.7 Å². The van der Waals surface area contributed by atoms with E-state index in [-0.39, 0.29) is 0 Å². The molecule has 0 amide bonds. The largest absolute Gasteiger partial charge is 0.490 e. The lowest BCUT2D eigenvalue weighted by Gasteiger charge is -2.31. The van der Waals surface area contributed by atoms with Crippen molar-refractivity contribution in [3.05, 3.63) is 38.3 Å². The van der Waals surface area contributed by atoms with Crippen molar-refractivity contribution in [2.45, 2.75) is 51.6 Å². The maximum Gasteiger partial charge on any atom is 0.130 e. The topological polar surface area (TPSA) is 9.23 Å². The SMILES string of the molecule is Cc1cc2c(c3cc(Br)c(Br)cc13)OC(C[Si](C)(C)C)CC2. The molecule has 0 fully saturated rings. The minimum absolute atomic E-state index is 0.382. The zero-order chi connectivity index (χ0) is 16.1. The lowest BCUT2D eigenvalue weighted by Crippen LogP contribution is -2.32. The Bertz CT molecular complexity index is 734. The predicted octanol–water partition coefficient (Wildman–Crippen LogP) is 6.71. The smallest absolute Gasteiger partial charge is 0.130 e. The van der Waals surface area contributed by atoms with Gasteiger partial charge in [-0.3, -0.25) is 0 Å². The van der Waals surface area contributed by atoms with Crippen molar-refractivity contribution in [2.75, 3.05) is 0 Å². The van der Waals surface area contributed by atoms with E-state index in [1.165, 1.54) is 27.9 Å². The molecule has 4 heteroatoms. The van der Waals surface area contributed by atoms with Gasteiger partial charge in [-0.2, -0.15) is 0 Å². The van der Waals surface area contributed by atoms with Gasteiger partial charge in [-0.15, -0.1) is 0 Å². The average Bonchev–Trinajstić information content (AvgIpc) is 2.40. The third kappa shape index (κ3) is 3.29. The van der Waals surface area contributed by atoms with E-state index < -0.39 is 8.07 Å². The Labute approximate surface area is 150 Å². The fourth-order valence-corrected chi connectivity index (χ4v) is 5.67. The van der Waals surface area contributed by atoms with Crippen LogP contribution in [0.15, 0.2) is 27.1 Å². The second-order valence-corrected chi connectivity index (χ2v) is 14.8. The van der Waals surface area contributed by atoms with Crippen LogP contribution in [-0.4, -0.2) is 14.2 Å². The lowest BCUT2D eigenvalue weighted by molar-refractivity contribution is 0.193. The molecule has 0 bridgehead atoms. The molecule has 118 valence electrons. The molecular weight excluding hydrogens is 420 g/mol. The van der Waals surface area contributed by atoms with Crippen molar-refractivity contribution in [3.63, 3.8) is 0 Å². The number of fused-ring (bicyclic) bond motifs is 3. The van der Waals surface area contributed by atoms with Crippen molar-refractivity contribution in [2.24, 2.45) is 0 Å². The molecule has 1 unspecified atom stereocenters. The first-order valence-electron chi connectivity index (χ1n) is 7.82. The Hall–Kier alpha value is -0.323. The standard InChI is InChI=1S/C18H22Br2OSi/c1-11-7-12-5-6-13(10-22(2,3)4)21-18(12)15-9-17(20)16(19)8-14(11)15/h7-9,13H,5-6,10H2,1-4H3. The minimum Gasteiger partial charge on any atom is -0.490 e. The summed E-state index contributed by atoms with van der Waals surface area (Å²) < 4.78 is 8.65. The van der Waals surface area contributed by atoms with Gasteiger partial charge in [0, 0.05) is 22.4 Å². The summed E-state index contributed by atoms with van der Waals surface area (Å²) in [7, 11) is -1.11. The summed E-state index contributed by atoms with van der Waals surface area (Å²) in [4.78, 5) is 0. The number of hydrogen-bond acceptors (Lipinski definition) is 1. The first-order chi connectivity index (χ1) is 10.2. The number of halogens is 2. The molecule has 0 saturated heterocycles. The zero-order valence-corrected chi connectivity index (χ0v) is 17.8. The molecule has 0 aliphatic carbocycles. The van der Waals surface area contributed by atoms with Gasteiger partial charge in [0.15, 0.2) is 0 Å². The van der Waals surface area contributed by atoms with Crippen LogP contribution in [0, 0.1) is 6.92 Å². The summed E-state index contributed by atoms with van der Waals surface area (Å²) in [6.07, 6.45) is 2.67. The molecule has 2 aromatic rings. The number of aryl methyl sites for hydroxylation is 2. The van der Waals surface area contributed by atoms with Crippen LogP contribution in [0.25, 0.3) is 10.8 Å². The molecule has 22 heavy (non-hydrogen) atoms. The molecule has 0 spiro atoms.